The maximum absolute atomic E-state index is 12.6. The average Bonchev–Trinajstić information content (AvgIpc) is 3.45. The Labute approximate surface area is 180 Å². The minimum atomic E-state index is -0.140. The van der Waals surface area contributed by atoms with Crippen LogP contribution in [0.5, 0.6) is 11.5 Å². The molecule has 0 bridgehead atoms. The van der Waals surface area contributed by atoms with Crippen molar-refractivity contribution in [2.45, 2.75) is 5.92 Å². The minimum absolute atomic E-state index is 0.0419. The predicted octanol–water partition coefficient (Wildman–Crippen LogP) is 4.86. The summed E-state index contributed by atoms with van der Waals surface area (Å²) in [6, 6.07) is 24.1. The van der Waals surface area contributed by atoms with E-state index in [1.165, 1.54) is 10.9 Å². The summed E-state index contributed by atoms with van der Waals surface area (Å²) in [5.41, 5.74) is 4.30. The van der Waals surface area contributed by atoms with Crippen molar-refractivity contribution in [2.75, 3.05) is 13.3 Å². The number of amides is 1. The summed E-state index contributed by atoms with van der Waals surface area (Å²) in [6.07, 6.45) is 5.37. The highest BCUT2D eigenvalue weighted by Crippen LogP contribution is 2.33. The highest BCUT2D eigenvalue weighted by Gasteiger charge is 2.18. The zero-order chi connectivity index (χ0) is 21.0. The number of aromatic nitrogens is 1. The zero-order valence-corrected chi connectivity index (χ0v) is 16.9. The van der Waals surface area contributed by atoms with Gasteiger partial charge in [0.2, 0.25) is 12.7 Å². The molecule has 0 spiro atoms. The Morgan fingerprint density at radius 1 is 1.00 bits per heavy atom. The van der Waals surface area contributed by atoms with Crippen molar-refractivity contribution in [2.24, 2.45) is 0 Å². The molecule has 2 N–H and O–H groups in total. The van der Waals surface area contributed by atoms with Gasteiger partial charge < -0.3 is 19.8 Å². The number of ether oxygens (including phenoxy) is 2. The number of para-hydroxylation sites is 1. The van der Waals surface area contributed by atoms with Crippen molar-refractivity contribution < 1.29 is 14.3 Å². The molecule has 0 saturated heterocycles. The van der Waals surface area contributed by atoms with Crippen LogP contribution in [0.4, 0.5) is 0 Å². The van der Waals surface area contributed by atoms with Gasteiger partial charge in [-0.05, 0) is 41.0 Å². The molecule has 0 radical (unpaired) electrons. The summed E-state index contributed by atoms with van der Waals surface area (Å²) < 4.78 is 10.7. The number of rotatable bonds is 6. The van der Waals surface area contributed by atoms with Gasteiger partial charge in [-0.3, -0.25) is 4.79 Å². The second-order valence-electron chi connectivity index (χ2n) is 7.44. The lowest BCUT2D eigenvalue weighted by Gasteiger charge is -2.17. The second kappa shape index (κ2) is 8.40. The van der Waals surface area contributed by atoms with Crippen molar-refractivity contribution in [1.29, 1.82) is 0 Å². The van der Waals surface area contributed by atoms with Gasteiger partial charge >= 0.3 is 0 Å². The largest absolute Gasteiger partial charge is 0.454 e. The molecule has 3 aromatic carbocycles. The van der Waals surface area contributed by atoms with Gasteiger partial charge in [-0.15, -0.1) is 0 Å². The van der Waals surface area contributed by atoms with Crippen LogP contribution in [-0.2, 0) is 4.79 Å². The lowest BCUT2D eigenvalue weighted by Crippen LogP contribution is -2.27. The second-order valence-corrected chi connectivity index (χ2v) is 7.44. The van der Waals surface area contributed by atoms with Crippen LogP contribution in [0.1, 0.15) is 22.6 Å². The van der Waals surface area contributed by atoms with Gasteiger partial charge in [0, 0.05) is 35.6 Å². The monoisotopic (exact) mass is 410 g/mol. The Morgan fingerprint density at radius 2 is 1.81 bits per heavy atom. The molecular weight excluding hydrogens is 388 g/mol. The Balaban J connectivity index is 1.33. The maximum Gasteiger partial charge on any atom is 0.244 e. The normalized spacial score (nSPS) is 13.5. The van der Waals surface area contributed by atoms with Gasteiger partial charge in [0.05, 0.1) is 0 Å². The van der Waals surface area contributed by atoms with Crippen LogP contribution < -0.4 is 14.8 Å². The van der Waals surface area contributed by atoms with E-state index in [0.29, 0.717) is 12.3 Å². The summed E-state index contributed by atoms with van der Waals surface area (Å²) in [5, 5.41) is 4.23. The van der Waals surface area contributed by atoms with E-state index < -0.39 is 0 Å². The summed E-state index contributed by atoms with van der Waals surface area (Å²) in [5.74, 6) is 1.33. The molecule has 1 aliphatic rings. The quantitative estimate of drug-likeness (QED) is 0.446. The highest BCUT2D eigenvalue weighted by atomic mass is 16.7. The van der Waals surface area contributed by atoms with Crippen LogP contribution >= 0.6 is 0 Å². The standard InChI is InChI=1S/C26H22N2O3/c29-26(13-11-18-10-12-24-25(14-18)31-17-30-24)28-15-21(19-6-2-1-3-7-19)22-16-27-23-9-5-4-8-20(22)23/h1-14,16,21,27H,15,17H2,(H,28,29)/b13-11+/t21-/m1/s1. The van der Waals surface area contributed by atoms with Crippen LogP contribution in [-0.4, -0.2) is 24.2 Å². The van der Waals surface area contributed by atoms with E-state index in [1.54, 1.807) is 12.2 Å². The number of fused-ring (bicyclic) bond motifs is 2. The zero-order valence-electron chi connectivity index (χ0n) is 16.9. The third-order valence-corrected chi connectivity index (χ3v) is 5.50. The first-order chi connectivity index (χ1) is 15.3. The van der Waals surface area contributed by atoms with Crippen molar-refractivity contribution in [3.05, 3.63) is 102 Å². The molecule has 1 aliphatic heterocycles. The Morgan fingerprint density at radius 3 is 2.71 bits per heavy atom. The predicted molar refractivity (Wildman–Crippen MR) is 121 cm³/mol. The molecule has 4 aromatic rings. The smallest absolute Gasteiger partial charge is 0.244 e. The first kappa shape index (κ1) is 19.0. The summed E-state index contributed by atoms with van der Waals surface area (Å²) >= 11 is 0. The van der Waals surface area contributed by atoms with Gasteiger partial charge in [0.15, 0.2) is 11.5 Å². The number of aromatic amines is 1. The molecule has 154 valence electrons. The first-order valence-corrected chi connectivity index (χ1v) is 10.2. The molecular formula is C26H22N2O3. The third-order valence-electron chi connectivity index (χ3n) is 5.50. The van der Waals surface area contributed by atoms with Crippen LogP contribution in [0, 0.1) is 0 Å². The Kier molecular flexibility index (Phi) is 5.15. The van der Waals surface area contributed by atoms with Gasteiger partial charge in [-0.1, -0.05) is 54.6 Å². The molecule has 5 nitrogen and oxygen atoms in total. The number of benzene rings is 3. The summed E-state index contributed by atoms with van der Waals surface area (Å²) in [7, 11) is 0. The molecule has 0 saturated carbocycles. The van der Waals surface area contributed by atoms with Gasteiger partial charge in [0.25, 0.3) is 0 Å². The average molecular weight is 410 g/mol. The molecule has 5 heteroatoms. The molecule has 1 atom stereocenters. The number of carbonyl (C=O) groups is 1. The van der Waals surface area contributed by atoms with Crippen molar-refractivity contribution >= 4 is 22.9 Å². The number of H-pyrrole nitrogens is 1. The molecule has 1 amide bonds. The van der Waals surface area contributed by atoms with Gasteiger partial charge in [-0.25, -0.2) is 0 Å². The topological polar surface area (TPSA) is 63.4 Å². The molecule has 31 heavy (non-hydrogen) atoms. The Bertz CT molecular complexity index is 1240. The fourth-order valence-corrected chi connectivity index (χ4v) is 3.93. The van der Waals surface area contributed by atoms with Crippen LogP contribution in [0.3, 0.4) is 0 Å². The molecule has 1 aromatic heterocycles. The van der Waals surface area contributed by atoms with E-state index in [1.807, 2.05) is 54.7 Å². The summed E-state index contributed by atoms with van der Waals surface area (Å²) in [6.45, 7) is 0.730. The van der Waals surface area contributed by atoms with E-state index in [4.69, 9.17) is 9.47 Å². The van der Waals surface area contributed by atoms with Crippen molar-refractivity contribution in [3.8, 4) is 11.5 Å². The first-order valence-electron chi connectivity index (χ1n) is 10.2. The number of hydrogen-bond donors (Lipinski definition) is 2. The number of hydrogen-bond acceptors (Lipinski definition) is 3. The van der Waals surface area contributed by atoms with Crippen LogP contribution in [0.2, 0.25) is 0 Å². The summed E-state index contributed by atoms with van der Waals surface area (Å²) in [4.78, 5) is 15.9. The van der Waals surface area contributed by atoms with Crippen molar-refractivity contribution in [1.82, 2.24) is 10.3 Å². The van der Waals surface area contributed by atoms with Gasteiger partial charge in [-0.2, -0.15) is 0 Å². The van der Waals surface area contributed by atoms with Crippen LogP contribution in [0.25, 0.3) is 17.0 Å². The van der Waals surface area contributed by atoms with E-state index in [2.05, 4.69) is 34.6 Å². The van der Waals surface area contributed by atoms with Crippen molar-refractivity contribution in [3.63, 3.8) is 0 Å². The van der Waals surface area contributed by atoms with E-state index in [9.17, 15) is 4.79 Å². The molecule has 0 aliphatic carbocycles. The number of nitrogens with one attached hydrogen (secondary N) is 2. The van der Waals surface area contributed by atoms with E-state index in [-0.39, 0.29) is 18.6 Å². The lowest BCUT2D eigenvalue weighted by molar-refractivity contribution is -0.116. The SMILES string of the molecule is O=C(/C=C/c1ccc2c(c1)OCO2)NC[C@H](c1ccccc1)c1c[nH]c2ccccc12. The highest BCUT2D eigenvalue weighted by molar-refractivity contribution is 5.92. The van der Waals surface area contributed by atoms with E-state index >= 15 is 0 Å². The maximum atomic E-state index is 12.6. The van der Waals surface area contributed by atoms with Gasteiger partial charge in [0.1, 0.15) is 0 Å². The Hall–Kier alpha value is -3.99. The fourth-order valence-electron chi connectivity index (χ4n) is 3.93. The minimum Gasteiger partial charge on any atom is -0.454 e. The fraction of sp³-hybridized carbons (Fsp3) is 0.115. The van der Waals surface area contributed by atoms with Crippen LogP contribution in [0.15, 0.2) is 85.1 Å². The molecule has 0 fully saturated rings. The lowest BCUT2D eigenvalue weighted by atomic mass is 9.91. The number of carbonyl (C=O) groups excluding carboxylic acids is 1. The third kappa shape index (κ3) is 4.03. The molecule has 5 rings (SSSR count). The molecule has 0 unspecified atom stereocenters. The molecule has 2 heterocycles. The van der Waals surface area contributed by atoms with E-state index in [0.717, 1.165) is 22.4 Å².